The summed E-state index contributed by atoms with van der Waals surface area (Å²) in [7, 11) is -3.59. The molecule has 2 heterocycles. The lowest BCUT2D eigenvalue weighted by atomic mass is 9.85. The van der Waals surface area contributed by atoms with Crippen LogP contribution in [0.5, 0.6) is 11.5 Å². The van der Waals surface area contributed by atoms with E-state index in [4.69, 9.17) is 18.5 Å². The first kappa shape index (κ1) is 31.4. The lowest BCUT2D eigenvalue weighted by Gasteiger charge is -2.39. The first-order valence-corrected chi connectivity index (χ1v) is 16.2. The molecule has 1 atom stereocenters. The molecule has 4 aromatic carbocycles. The quantitative estimate of drug-likeness (QED) is 0.159. The molecule has 0 aromatic heterocycles. The van der Waals surface area contributed by atoms with Gasteiger partial charge < -0.3 is 29.2 Å². The Kier molecular flexibility index (Phi) is 8.90. The van der Waals surface area contributed by atoms with E-state index in [1.807, 2.05) is 60.7 Å². The number of fused-ring (bicyclic) bond motifs is 2. The fraction of sp³-hybridized carbons (Fsp3) is 0.206. The molecule has 0 bridgehead atoms. The van der Waals surface area contributed by atoms with E-state index in [9.17, 15) is 22.5 Å². The van der Waals surface area contributed by atoms with E-state index in [1.165, 1.54) is 18.2 Å². The number of halogens is 3. The second-order valence-electron chi connectivity index (χ2n) is 10.8. The Hall–Kier alpha value is -4.57. The molecule has 12 heteroatoms. The van der Waals surface area contributed by atoms with Gasteiger partial charge in [0.15, 0.2) is 17.0 Å². The van der Waals surface area contributed by atoms with Gasteiger partial charge in [-0.25, -0.2) is 4.79 Å². The fourth-order valence-corrected chi connectivity index (χ4v) is 6.78. The molecule has 2 aliphatic rings. The monoisotopic (exact) mass is 650 g/mol. The minimum absolute atomic E-state index is 0.0366. The zero-order valence-corrected chi connectivity index (χ0v) is 25.4. The first-order valence-electron chi connectivity index (χ1n) is 14.5. The lowest BCUT2D eigenvalue weighted by molar-refractivity contribution is -0.181. The number of nitrogens with one attached hydrogen (secondary N) is 2. The van der Waals surface area contributed by atoms with Crippen LogP contribution in [-0.2, 0) is 38.8 Å². The molecule has 0 spiro atoms. The van der Waals surface area contributed by atoms with Gasteiger partial charge in [0, 0.05) is 11.6 Å². The highest BCUT2D eigenvalue weighted by atomic mass is 31.2. The third-order valence-electron chi connectivity index (χ3n) is 7.64. The number of carbonyl (C=O) groups is 1. The molecule has 0 aliphatic carbocycles. The third kappa shape index (κ3) is 6.97. The van der Waals surface area contributed by atoms with Gasteiger partial charge in [-0.2, -0.15) is 13.2 Å². The van der Waals surface area contributed by atoms with E-state index in [0.717, 1.165) is 17.2 Å². The molecule has 46 heavy (non-hydrogen) atoms. The van der Waals surface area contributed by atoms with Gasteiger partial charge in [0.2, 0.25) is 6.79 Å². The highest BCUT2D eigenvalue weighted by molar-refractivity contribution is 7.53. The van der Waals surface area contributed by atoms with E-state index in [1.54, 1.807) is 24.3 Å². The number of anilines is 1. The van der Waals surface area contributed by atoms with E-state index >= 15 is 0 Å². The van der Waals surface area contributed by atoms with Crippen molar-refractivity contribution in [1.29, 1.82) is 0 Å². The molecular weight excluding hydrogens is 620 g/mol. The highest BCUT2D eigenvalue weighted by Crippen LogP contribution is 2.51. The average molecular weight is 651 g/mol. The second kappa shape index (κ2) is 13.0. The number of hydrogen-bond donors (Lipinski definition) is 2. The van der Waals surface area contributed by atoms with E-state index < -0.39 is 25.3 Å². The molecule has 0 saturated carbocycles. The second-order valence-corrected chi connectivity index (χ2v) is 13.0. The molecule has 2 aliphatic heterocycles. The maximum absolute atomic E-state index is 14.8. The molecular formula is C34H30F3N2O6P. The number of rotatable bonds is 11. The average Bonchev–Trinajstić information content (AvgIpc) is 3.52. The van der Waals surface area contributed by atoms with Crippen molar-refractivity contribution in [3.05, 3.63) is 131 Å². The molecule has 6 rings (SSSR count). The zero-order valence-electron chi connectivity index (χ0n) is 24.5. The largest absolute Gasteiger partial charge is 0.454 e. The SMILES string of the molecule is O=C1Nc2cc3c(cc2[C@@](C=Cc2cccc(CCP(=O)(OCc4ccccc4)OCc4ccccc4)c2)(C(F)(F)F)N1)OCO3. The molecule has 8 nitrogen and oxygen atoms in total. The Balaban J connectivity index is 1.23. The number of benzene rings is 4. The normalized spacial score (nSPS) is 17.4. The van der Waals surface area contributed by atoms with Crippen LogP contribution in [0.4, 0.5) is 23.7 Å². The summed E-state index contributed by atoms with van der Waals surface area (Å²) in [5.74, 6) is 0.389. The van der Waals surface area contributed by atoms with Crippen LogP contribution >= 0.6 is 7.60 Å². The van der Waals surface area contributed by atoms with Crippen LogP contribution in [0.3, 0.4) is 0 Å². The molecule has 0 radical (unpaired) electrons. The highest BCUT2D eigenvalue weighted by Gasteiger charge is 2.58. The van der Waals surface area contributed by atoms with Gasteiger partial charge in [-0.05, 0) is 40.8 Å². The van der Waals surface area contributed by atoms with Crippen molar-refractivity contribution >= 4 is 25.4 Å². The number of ether oxygens (including phenoxy) is 2. The predicted octanol–water partition coefficient (Wildman–Crippen LogP) is 8.19. The number of carbonyl (C=O) groups excluding carboxylic acids is 1. The Morgan fingerprint density at radius 3 is 2.07 bits per heavy atom. The van der Waals surface area contributed by atoms with E-state index in [-0.39, 0.29) is 55.3 Å². The van der Waals surface area contributed by atoms with Crippen LogP contribution < -0.4 is 20.1 Å². The molecule has 0 fully saturated rings. The van der Waals surface area contributed by atoms with E-state index in [0.29, 0.717) is 11.1 Å². The molecule has 2 amide bonds. The minimum Gasteiger partial charge on any atom is -0.454 e. The molecule has 4 aromatic rings. The summed E-state index contributed by atoms with van der Waals surface area (Å²) in [6, 6.07) is 27.0. The van der Waals surface area contributed by atoms with Crippen molar-refractivity contribution in [1.82, 2.24) is 5.32 Å². The van der Waals surface area contributed by atoms with Crippen LogP contribution in [0.1, 0.15) is 27.8 Å². The summed E-state index contributed by atoms with van der Waals surface area (Å²) < 4.78 is 80.6. The van der Waals surface area contributed by atoms with Gasteiger partial charge in [0.1, 0.15) is 0 Å². The van der Waals surface area contributed by atoms with Gasteiger partial charge in [0.05, 0.1) is 25.1 Å². The third-order valence-corrected chi connectivity index (χ3v) is 9.45. The maximum Gasteiger partial charge on any atom is 0.419 e. The molecule has 0 unspecified atom stereocenters. The summed E-state index contributed by atoms with van der Waals surface area (Å²) in [5, 5.41) is 4.50. The van der Waals surface area contributed by atoms with Crippen molar-refractivity contribution in [2.75, 3.05) is 18.3 Å². The Morgan fingerprint density at radius 2 is 1.43 bits per heavy atom. The van der Waals surface area contributed by atoms with Crippen LogP contribution in [0.25, 0.3) is 6.08 Å². The number of hydrogen-bond acceptors (Lipinski definition) is 6. The van der Waals surface area contributed by atoms with Crippen molar-refractivity contribution in [2.24, 2.45) is 0 Å². The minimum atomic E-state index is -4.90. The Labute approximate surface area is 263 Å². The molecule has 0 saturated heterocycles. The van der Waals surface area contributed by atoms with Gasteiger partial charge in [-0.3, -0.25) is 4.57 Å². The smallest absolute Gasteiger partial charge is 0.419 e. The number of aryl methyl sites for hydroxylation is 1. The van der Waals surface area contributed by atoms with Crippen LogP contribution in [0.2, 0.25) is 0 Å². The maximum atomic E-state index is 14.8. The molecule has 238 valence electrons. The summed E-state index contributed by atoms with van der Waals surface area (Å²) in [5.41, 5.74) is -0.267. The van der Waals surface area contributed by atoms with Crippen molar-refractivity contribution in [3.63, 3.8) is 0 Å². The van der Waals surface area contributed by atoms with Gasteiger partial charge in [0.25, 0.3) is 0 Å². The number of urea groups is 1. The van der Waals surface area contributed by atoms with Crippen LogP contribution in [0, 0.1) is 0 Å². The van der Waals surface area contributed by atoms with Crippen molar-refractivity contribution in [3.8, 4) is 11.5 Å². The Bertz CT molecular complexity index is 1740. The number of alkyl halides is 3. The summed E-state index contributed by atoms with van der Waals surface area (Å²) >= 11 is 0. The van der Waals surface area contributed by atoms with E-state index in [2.05, 4.69) is 10.6 Å². The topological polar surface area (TPSA) is 95.1 Å². The van der Waals surface area contributed by atoms with Crippen molar-refractivity contribution < 1.29 is 41.1 Å². The van der Waals surface area contributed by atoms with Gasteiger partial charge in [-0.1, -0.05) is 91.0 Å². The van der Waals surface area contributed by atoms with Crippen LogP contribution in [-0.4, -0.2) is 25.2 Å². The number of amides is 2. The lowest BCUT2D eigenvalue weighted by Crippen LogP contribution is -2.58. The first-order chi connectivity index (χ1) is 22.1. The standard InChI is InChI=1S/C34H30F3N2O6P/c35-34(36,37)33(28-19-30-31(43-23-42-30)20-29(28)38-32(40)39-33)16-14-24-12-7-13-25(18-24)15-17-46(41,44-21-26-8-3-1-4-9-26)45-22-27-10-5-2-6-11-27/h1-14,16,18-20H,15,17,21-23H2,(H2,38,39,40)/t33-/m0/s1. The summed E-state index contributed by atoms with van der Waals surface area (Å²) in [6.45, 7) is 0.0536. The summed E-state index contributed by atoms with van der Waals surface area (Å²) in [4.78, 5) is 12.4. The van der Waals surface area contributed by atoms with Gasteiger partial charge >= 0.3 is 19.8 Å². The predicted molar refractivity (Wildman–Crippen MR) is 167 cm³/mol. The Morgan fingerprint density at radius 1 is 0.826 bits per heavy atom. The summed E-state index contributed by atoms with van der Waals surface area (Å²) in [6.07, 6.45) is -2.36. The molecule has 2 N–H and O–H groups in total. The van der Waals surface area contributed by atoms with Crippen LogP contribution in [0.15, 0.2) is 103 Å². The zero-order chi connectivity index (χ0) is 32.2. The fourth-order valence-electron chi connectivity index (χ4n) is 5.22. The van der Waals surface area contributed by atoms with Crippen molar-refractivity contribution in [2.45, 2.75) is 31.3 Å². The van der Waals surface area contributed by atoms with Gasteiger partial charge in [-0.15, -0.1) is 0 Å².